The first kappa shape index (κ1) is 13.8. The van der Waals surface area contributed by atoms with Crippen LogP contribution in [0, 0.1) is 23.5 Å². The van der Waals surface area contributed by atoms with Gasteiger partial charge in [0.25, 0.3) is 0 Å². The van der Waals surface area contributed by atoms with Gasteiger partial charge in [0.2, 0.25) is 0 Å². The van der Waals surface area contributed by atoms with E-state index in [0.717, 1.165) is 18.0 Å². The largest absolute Gasteiger partial charge is 0.312 e. The van der Waals surface area contributed by atoms with Crippen molar-refractivity contribution in [1.82, 2.24) is 5.32 Å². The van der Waals surface area contributed by atoms with E-state index in [9.17, 15) is 8.78 Å². The van der Waals surface area contributed by atoms with Crippen molar-refractivity contribution in [3.8, 4) is 0 Å². The Morgan fingerprint density at radius 2 is 1.94 bits per heavy atom. The summed E-state index contributed by atoms with van der Waals surface area (Å²) in [4.78, 5) is 0. The van der Waals surface area contributed by atoms with Crippen LogP contribution in [0.15, 0.2) is 18.2 Å². The van der Waals surface area contributed by atoms with Crippen LogP contribution < -0.4 is 5.32 Å². The molecule has 1 aliphatic carbocycles. The molecule has 1 N–H and O–H groups in total. The van der Waals surface area contributed by atoms with Gasteiger partial charge < -0.3 is 5.32 Å². The molecule has 0 aliphatic heterocycles. The molecule has 0 amide bonds. The lowest BCUT2D eigenvalue weighted by Gasteiger charge is -2.17. The highest BCUT2D eigenvalue weighted by Crippen LogP contribution is 2.31. The van der Waals surface area contributed by atoms with E-state index in [1.807, 2.05) is 0 Å². The van der Waals surface area contributed by atoms with Gasteiger partial charge in [-0.15, -0.1) is 11.6 Å². The molecule has 100 valence electrons. The van der Waals surface area contributed by atoms with Gasteiger partial charge in [-0.05, 0) is 48.9 Å². The van der Waals surface area contributed by atoms with Crippen LogP contribution in [0.2, 0.25) is 0 Å². The third kappa shape index (κ3) is 3.42. The molecule has 2 atom stereocenters. The zero-order chi connectivity index (χ0) is 13.0. The smallest absolute Gasteiger partial charge is 0.159 e. The third-order valence-corrected chi connectivity index (χ3v) is 4.13. The molecule has 18 heavy (non-hydrogen) atoms. The number of alkyl halides is 1. The van der Waals surface area contributed by atoms with E-state index in [1.54, 1.807) is 6.07 Å². The maximum atomic E-state index is 13.0. The Hall–Kier alpha value is -0.670. The Labute approximate surface area is 112 Å². The summed E-state index contributed by atoms with van der Waals surface area (Å²) in [7, 11) is 0. The minimum atomic E-state index is -0.795. The molecule has 1 fully saturated rings. The monoisotopic (exact) mass is 273 g/mol. The minimum absolute atomic E-state index is 0.572. The average Bonchev–Trinajstić information content (AvgIpc) is 2.81. The van der Waals surface area contributed by atoms with E-state index in [4.69, 9.17) is 11.6 Å². The minimum Gasteiger partial charge on any atom is -0.312 e. The van der Waals surface area contributed by atoms with Crippen LogP contribution in [-0.2, 0) is 6.54 Å². The van der Waals surface area contributed by atoms with E-state index in [-0.39, 0.29) is 0 Å². The maximum Gasteiger partial charge on any atom is 0.159 e. The molecule has 0 aromatic heterocycles. The second kappa shape index (κ2) is 6.48. The zero-order valence-corrected chi connectivity index (χ0v) is 11.0. The first-order valence-electron chi connectivity index (χ1n) is 6.41. The zero-order valence-electron chi connectivity index (χ0n) is 10.3. The van der Waals surface area contributed by atoms with Gasteiger partial charge in [0.05, 0.1) is 0 Å². The lowest BCUT2D eigenvalue weighted by molar-refractivity contribution is 0.395. The van der Waals surface area contributed by atoms with Gasteiger partial charge in [-0.25, -0.2) is 8.78 Å². The van der Waals surface area contributed by atoms with Gasteiger partial charge >= 0.3 is 0 Å². The van der Waals surface area contributed by atoms with Gasteiger partial charge in [0, 0.05) is 12.4 Å². The highest BCUT2D eigenvalue weighted by atomic mass is 35.5. The Bertz CT molecular complexity index is 397. The first-order chi connectivity index (χ1) is 8.70. The highest BCUT2D eigenvalue weighted by molar-refractivity contribution is 6.18. The van der Waals surface area contributed by atoms with Crippen LogP contribution >= 0.6 is 11.6 Å². The fourth-order valence-corrected chi connectivity index (χ4v) is 3.04. The number of hydrogen-bond donors (Lipinski definition) is 1. The molecule has 1 nitrogen and oxygen atoms in total. The second-order valence-corrected chi connectivity index (χ2v) is 5.29. The van der Waals surface area contributed by atoms with E-state index in [1.165, 1.54) is 31.4 Å². The van der Waals surface area contributed by atoms with Crippen molar-refractivity contribution >= 4 is 11.6 Å². The molecule has 1 aromatic carbocycles. The van der Waals surface area contributed by atoms with Crippen molar-refractivity contribution in [2.75, 3.05) is 12.4 Å². The number of rotatable bonds is 5. The summed E-state index contributed by atoms with van der Waals surface area (Å²) in [6.07, 6.45) is 3.66. The summed E-state index contributed by atoms with van der Waals surface area (Å²) in [5.74, 6) is 0.361. The predicted molar refractivity (Wildman–Crippen MR) is 69.6 cm³/mol. The fourth-order valence-electron chi connectivity index (χ4n) is 2.64. The molecular formula is C14H18ClF2N. The molecule has 1 aromatic rings. The maximum absolute atomic E-state index is 13.0. The van der Waals surface area contributed by atoms with Gasteiger partial charge in [-0.2, -0.15) is 0 Å². The number of nitrogens with one attached hydrogen (secondary N) is 1. The SMILES string of the molecule is Fc1ccc(CNCC2CCCC2CCl)cc1F. The second-order valence-electron chi connectivity index (χ2n) is 4.98. The Morgan fingerprint density at radius 3 is 2.67 bits per heavy atom. The van der Waals surface area contributed by atoms with Gasteiger partial charge in [0.15, 0.2) is 11.6 Å². The number of hydrogen-bond acceptors (Lipinski definition) is 1. The lowest BCUT2D eigenvalue weighted by Crippen LogP contribution is -2.25. The van der Waals surface area contributed by atoms with E-state index < -0.39 is 11.6 Å². The van der Waals surface area contributed by atoms with Crippen LogP contribution in [0.3, 0.4) is 0 Å². The van der Waals surface area contributed by atoms with Crippen LogP contribution in [0.5, 0.6) is 0 Å². The van der Waals surface area contributed by atoms with Gasteiger partial charge in [-0.3, -0.25) is 0 Å². The third-order valence-electron chi connectivity index (χ3n) is 3.73. The van der Waals surface area contributed by atoms with Crippen LogP contribution in [0.25, 0.3) is 0 Å². The van der Waals surface area contributed by atoms with E-state index >= 15 is 0 Å². The van der Waals surface area contributed by atoms with Crippen molar-refractivity contribution < 1.29 is 8.78 Å². The van der Waals surface area contributed by atoms with Gasteiger partial charge in [-0.1, -0.05) is 12.5 Å². The molecule has 0 saturated heterocycles. The normalized spacial score (nSPS) is 23.5. The molecule has 2 rings (SSSR count). The Kier molecular flexibility index (Phi) is 4.95. The van der Waals surface area contributed by atoms with Crippen molar-refractivity contribution in [2.45, 2.75) is 25.8 Å². The molecule has 1 aliphatic rings. The van der Waals surface area contributed by atoms with E-state index in [0.29, 0.717) is 18.4 Å². The highest BCUT2D eigenvalue weighted by Gasteiger charge is 2.25. The van der Waals surface area contributed by atoms with Crippen molar-refractivity contribution in [3.05, 3.63) is 35.4 Å². The van der Waals surface area contributed by atoms with Crippen LogP contribution in [0.4, 0.5) is 8.78 Å². The molecular weight excluding hydrogens is 256 g/mol. The van der Waals surface area contributed by atoms with Crippen molar-refractivity contribution in [1.29, 1.82) is 0 Å². The summed E-state index contributed by atoms with van der Waals surface area (Å²) >= 11 is 5.92. The Balaban J connectivity index is 1.79. The van der Waals surface area contributed by atoms with Crippen molar-refractivity contribution in [2.24, 2.45) is 11.8 Å². The lowest BCUT2D eigenvalue weighted by atomic mass is 9.98. The quantitative estimate of drug-likeness (QED) is 0.807. The summed E-state index contributed by atoms with van der Waals surface area (Å²) in [6.45, 7) is 1.47. The molecule has 0 bridgehead atoms. The molecule has 1 saturated carbocycles. The number of benzene rings is 1. The molecule has 2 unspecified atom stereocenters. The fraction of sp³-hybridized carbons (Fsp3) is 0.571. The van der Waals surface area contributed by atoms with Gasteiger partial charge in [0.1, 0.15) is 0 Å². The molecule has 0 radical (unpaired) electrons. The van der Waals surface area contributed by atoms with Crippen molar-refractivity contribution in [3.63, 3.8) is 0 Å². The summed E-state index contributed by atoms with van der Waals surface area (Å²) in [5, 5.41) is 3.31. The standard InChI is InChI=1S/C14H18ClF2N/c15-7-11-2-1-3-12(11)9-18-8-10-4-5-13(16)14(17)6-10/h4-6,11-12,18H,1-3,7-9H2. The summed E-state index contributed by atoms with van der Waals surface area (Å²) < 4.78 is 25.8. The molecule has 0 heterocycles. The number of halogens is 3. The topological polar surface area (TPSA) is 12.0 Å². The van der Waals surface area contributed by atoms with Crippen LogP contribution in [-0.4, -0.2) is 12.4 Å². The first-order valence-corrected chi connectivity index (χ1v) is 6.94. The van der Waals surface area contributed by atoms with E-state index in [2.05, 4.69) is 5.32 Å². The predicted octanol–water partition coefficient (Wildman–Crippen LogP) is 3.71. The molecule has 4 heteroatoms. The average molecular weight is 274 g/mol. The molecule has 0 spiro atoms. The summed E-state index contributed by atoms with van der Waals surface area (Å²) in [5.41, 5.74) is 0.773. The summed E-state index contributed by atoms with van der Waals surface area (Å²) in [6, 6.07) is 4.03. The Morgan fingerprint density at radius 1 is 1.17 bits per heavy atom. The van der Waals surface area contributed by atoms with Crippen LogP contribution in [0.1, 0.15) is 24.8 Å².